The second-order valence-corrected chi connectivity index (χ2v) is 9.05. The van der Waals surface area contributed by atoms with E-state index in [-0.39, 0.29) is 29.1 Å². The Labute approximate surface area is 152 Å². The number of hydrogen-bond acceptors (Lipinski definition) is 6. The SMILES string of the molecule is O=C(NC1CCS(=O)(=O)C1)c1cc(NC2CC2)nc(-c2ccccc2)n1. The van der Waals surface area contributed by atoms with Gasteiger partial charge in [0.2, 0.25) is 0 Å². The number of hydrogen-bond donors (Lipinski definition) is 2. The maximum atomic E-state index is 12.6. The first-order valence-corrected chi connectivity index (χ1v) is 10.5. The van der Waals surface area contributed by atoms with Crippen LogP contribution in [0.15, 0.2) is 36.4 Å². The molecule has 136 valence electrons. The number of nitrogens with zero attached hydrogens (tertiary/aromatic N) is 2. The molecular formula is C18H20N4O3S. The van der Waals surface area contributed by atoms with Crippen LogP contribution in [-0.2, 0) is 9.84 Å². The maximum absolute atomic E-state index is 12.6. The van der Waals surface area contributed by atoms with Gasteiger partial charge >= 0.3 is 0 Å². The molecule has 0 bridgehead atoms. The lowest BCUT2D eigenvalue weighted by Gasteiger charge is -2.13. The van der Waals surface area contributed by atoms with E-state index in [0.29, 0.717) is 24.1 Å². The summed E-state index contributed by atoms with van der Waals surface area (Å²) in [5.74, 6) is 0.824. The number of nitrogens with one attached hydrogen (secondary N) is 2. The molecule has 1 aromatic heterocycles. The van der Waals surface area contributed by atoms with Gasteiger partial charge in [-0.1, -0.05) is 30.3 Å². The highest BCUT2D eigenvalue weighted by Gasteiger charge is 2.30. The summed E-state index contributed by atoms with van der Waals surface area (Å²) in [5.41, 5.74) is 1.07. The molecule has 1 aliphatic heterocycles. The van der Waals surface area contributed by atoms with Crippen molar-refractivity contribution < 1.29 is 13.2 Å². The standard InChI is InChI=1S/C18H20N4O3S/c23-18(20-14-8-9-26(24,25)11-14)15-10-16(19-13-6-7-13)22-17(21-15)12-4-2-1-3-5-12/h1-5,10,13-14H,6-9,11H2,(H,20,23)(H,19,21,22). The molecule has 7 nitrogen and oxygen atoms in total. The molecule has 1 saturated heterocycles. The summed E-state index contributed by atoms with van der Waals surface area (Å²) < 4.78 is 23.2. The lowest BCUT2D eigenvalue weighted by molar-refractivity contribution is 0.0936. The number of sulfone groups is 1. The van der Waals surface area contributed by atoms with E-state index in [4.69, 9.17) is 0 Å². The summed E-state index contributed by atoms with van der Waals surface area (Å²) in [4.78, 5) is 21.5. The summed E-state index contributed by atoms with van der Waals surface area (Å²) in [6.07, 6.45) is 2.62. The highest BCUT2D eigenvalue weighted by atomic mass is 32.2. The zero-order valence-electron chi connectivity index (χ0n) is 14.2. The number of aromatic nitrogens is 2. The minimum atomic E-state index is -3.05. The molecule has 0 radical (unpaired) electrons. The van der Waals surface area contributed by atoms with Crippen molar-refractivity contribution in [3.63, 3.8) is 0 Å². The molecular weight excluding hydrogens is 352 g/mol. The predicted molar refractivity (Wildman–Crippen MR) is 98.6 cm³/mol. The molecule has 1 aromatic carbocycles. The maximum Gasteiger partial charge on any atom is 0.270 e. The Morgan fingerprint density at radius 3 is 2.46 bits per heavy atom. The fourth-order valence-electron chi connectivity index (χ4n) is 2.96. The van der Waals surface area contributed by atoms with Gasteiger partial charge in [-0.25, -0.2) is 18.4 Å². The van der Waals surface area contributed by atoms with Crippen LogP contribution in [0.1, 0.15) is 29.8 Å². The van der Waals surface area contributed by atoms with E-state index in [9.17, 15) is 13.2 Å². The van der Waals surface area contributed by atoms with Crippen LogP contribution < -0.4 is 10.6 Å². The minimum Gasteiger partial charge on any atom is -0.367 e. The molecule has 2 aromatic rings. The highest BCUT2D eigenvalue weighted by Crippen LogP contribution is 2.25. The minimum absolute atomic E-state index is 0.0114. The summed E-state index contributed by atoms with van der Waals surface area (Å²) in [6, 6.07) is 11.1. The third kappa shape index (κ3) is 4.01. The second kappa shape index (κ2) is 6.68. The van der Waals surface area contributed by atoms with Crippen LogP contribution >= 0.6 is 0 Å². The van der Waals surface area contributed by atoms with Gasteiger partial charge in [0, 0.05) is 23.7 Å². The Morgan fingerprint density at radius 2 is 1.81 bits per heavy atom. The Morgan fingerprint density at radius 1 is 1.04 bits per heavy atom. The van der Waals surface area contributed by atoms with Gasteiger partial charge in [0.05, 0.1) is 11.5 Å². The molecule has 1 atom stereocenters. The van der Waals surface area contributed by atoms with Crippen molar-refractivity contribution >= 4 is 21.6 Å². The van der Waals surface area contributed by atoms with Crippen molar-refractivity contribution in [3.8, 4) is 11.4 Å². The van der Waals surface area contributed by atoms with Crippen LogP contribution in [0.25, 0.3) is 11.4 Å². The molecule has 8 heteroatoms. The third-order valence-corrected chi connectivity index (χ3v) is 6.26. The van der Waals surface area contributed by atoms with Crippen LogP contribution in [0.4, 0.5) is 5.82 Å². The van der Waals surface area contributed by atoms with E-state index in [1.54, 1.807) is 6.07 Å². The zero-order chi connectivity index (χ0) is 18.1. The van der Waals surface area contributed by atoms with Gasteiger partial charge < -0.3 is 10.6 Å². The third-order valence-electron chi connectivity index (χ3n) is 4.49. The van der Waals surface area contributed by atoms with Crippen molar-refractivity contribution in [1.82, 2.24) is 15.3 Å². The number of carbonyl (C=O) groups is 1. The summed E-state index contributed by atoms with van der Waals surface area (Å²) in [6.45, 7) is 0. The van der Waals surface area contributed by atoms with E-state index in [0.717, 1.165) is 18.4 Å². The van der Waals surface area contributed by atoms with Crippen LogP contribution in [0.5, 0.6) is 0 Å². The van der Waals surface area contributed by atoms with Crippen molar-refractivity contribution in [1.29, 1.82) is 0 Å². The van der Waals surface area contributed by atoms with E-state index < -0.39 is 9.84 Å². The predicted octanol–water partition coefficient (Wildman–Crippen LogP) is 1.63. The number of benzene rings is 1. The number of anilines is 1. The Hall–Kier alpha value is -2.48. The van der Waals surface area contributed by atoms with Gasteiger partial charge in [0.15, 0.2) is 15.7 Å². The van der Waals surface area contributed by atoms with Gasteiger partial charge in [-0.2, -0.15) is 0 Å². The van der Waals surface area contributed by atoms with Crippen molar-refractivity contribution in [2.45, 2.75) is 31.3 Å². The largest absolute Gasteiger partial charge is 0.367 e. The van der Waals surface area contributed by atoms with Crippen molar-refractivity contribution in [2.75, 3.05) is 16.8 Å². The smallest absolute Gasteiger partial charge is 0.270 e. The Kier molecular flexibility index (Phi) is 4.36. The van der Waals surface area contributed by atoms with E-state index >= 15 is 0 Å². The molecule has 4 rings (SSSR count). The normalized spacial score (nSPS) is 21.3. The fraction of sp³-hybridized carbons (Fsp3) is 0.389. The lowest BCUT2D eigenvalue weighted by atomic mass is 10.2. The highest BCUT2D eigenvalue weighted by molar-refractivity contribution is 7.91. The van der Waals surface area contributed by atoms with E-state index in [1.807, 2.05) is 30.3 Å². The second-order valence-electron chi connectivity index (χ2n) is 6.82. The summed E-state index contributed by atoms with van der Waals surface area (Å²) in [7, 11) is -3.05. The average molecular weight is 372 g/mol. The van der Waals surface area contributed by atoms with E-state index in [2.05, 4.69) is 20.6 Å². The molecule has 0 spiro atoms. The van der Waals surface area contributed by atoms with Crippen LogP contribution in [-0.4, -0.2) is 47.9 Å². The first kappa shape index (κ1) is 17.0. The molecule has 2 fully saturated rings. The summed E-state index contributed by atoms with van der Waals surface area (Å²) in [5, 5.41) is 6.09. The van der Waals surface area contributed by atoms with Crippen molar-refractivity contribution in [3.05, 3.63) is 42.1 Å². The number of rotatable bonds is 5. The van der Waals surface area contributed by atoms with Gasteiger partial charge in [-0.3, -0.25) is 4.79 Å². The van der Waals surface area contributed by atoms with Crippen LogP contribution in [0, 0.1) is 0 Å². The molecule has 2 N–H and O–H groups in total. The summed E-state index contributed by atoms with van der Waals surface area (Å²) >= 11 is 0. The number of carbonyl (C=O) groups excluding carboxylic acids is 1. The molecule has 2 heterocycles. The topological polar surface area (TPSA) is 101 Å². The molecule has 26 heavy (non-hydrogen) atoms. The monoisotopic (exact) mass is 372 g/mol. The zero-order valence-corrected chi connectivity index (χ0v) is 15.0. The molecule has 1 amide bonds. The molecule has 1 saturated carbocycles. The fourth-order valence-corrected chi connectivity index (χ4v) is 4.63. The average Bonchev–Trinajstić information content (AvgIpc) is 3.37. The van der Waals surface area contributed by atoms with Gasteiger partial charge in [-0.05, 0) is 19.3 Å². The van der Waals surface area contributed by atoms with Gasteiger partial charge in [0.25, 0.3) is 5.91 Å². The molecule has 1 unspecified atom stereocenters. The Bertz CT molecular complexity index is 927. The first-order valence-electron chi connectivity index (χ1n) is 8.71. The quantitative estimate of drug-likeness (QED) is 0.827. The first-order chi connectivity index (χ1) is 12.5. The molecule has 1 aliphatic carbocycles. The van der Waals surface area contributed by atoms with Crippen molar-refractivity contribution in [2.24, 2.45) is 0 Å². The van der Waals surface area contributed by atoms with Gasteiger partial charge in [0.1, 0.15) is 11.5 Å². The Balaban J connectivity index is 1.60. The lowest BCUT2D eigenvalue weighted by Crippen LogP contribution is -2.36. The van der Waals surface area contributed by atoms with Gasteiger partial charge in [-0.15, -0.1) is 0 Å². The number of amides is 1. The van der Waals surface area contributed by atoms with Crippen LogP contribution in [0.2, 0.25) is 0 Å². The molecule has 2 aliphatic rings. The van der Waals surface area contributed by atoms with E-state index in [1.165, 1.54) is 0 Å². The van der Waals surface area contributed by atoms with Crippen LogP contribution in [0.3, 0.4) is 0 Å².